The van der Waals surface area contributed by atoms with E-state index in [-0.39, 0.29) is 5.82 Å². The molecule has 1 atom stereocenters. The lowest BCUT2D eigenvalue weighted by atomic mass is 10.0. The predicted octanol–water partition coefficient (Wildman–Crippen LogP) is 3.17. The van der Waals surface area contributed by atoms with Crippen LogP contribution in [0.3, 0.4) is 0 Å². The van der Waals surface area contributed by atoms with Crippen molar-refractivity contribution in [3.63, 3.8) is 0 Å². The van der Waals surface area contributed by atoms with Crippen LogP contribution < -0.4 is 0 Å². The summed E-state index contributed by atoms with van der Waals surface area (Å²) in [6, 6.07) is 15.2. The number of nitrogens with zero attached hydrogens (tertiary/aromatic N) is 1. The highest BCUT2D eigenvalue weighted by Crippen LogP contribution is 2.23. The van der Waals surface area contributed by atoms with Gasteiger partial charge in [-0.05, 0) is 30.3 Å². The molecule has 0 aliphatic rings. The lowest BCUT2D eigenvalue weighted by molar-refractivity contribution is -0.147. The van der Waals surface area contributed by atoms with Crippen LogP contribution in [0.15, 0.2) is 54.6 Å². The van der Waals surface area contributed by atoms with Gasteiger partial charge in [0.25, 0.3) is 0 Å². The summed E-state index contributed by atoms with van der Waals surface area (Å²) in [7, 11) is 3.16. The topological polar surface area (TPSA) is 29.5 Å². The van der Waals surface area contributed by atoms with E-state index in [1.165, 1.54) is 19.2 Å². The van der Waals surface area contributed by atoms with Crippen molar-refractivity contribution in [1.29, 1.82) is 0 Å². The Morgan fingerprint density at radius 3 is 2.52 bits per heavy atom. The first-order chi connectivity index (χ1) is 10.1. The molecule has 0 heterocycles. The van der Waals surface area contributed by atoms with Gasteiger partial charge in [-0.25, -0.2) is 9.18 Å². The van der Waals surface area contributed by atoms with Gasteiger partial charge in [0.15, 0.2) is 0 Å². The predicted molar refractivity (Wildman–Crippen MR) is 79.1 cm³/mol. The van der Waals surface area contributed by atoms with E-state index >= 15 is 0 Å². The van der Waals surface area contributed by atoms with Crippen LogP contribution in [0.4, 0.5) is 4.39 Å². The van der Waals surface area contributed by atoms with E-state index in [9.17, 15) is 9.18 Å². The van der Waals surface area contributed by atoms with Gasteiger partial charge in [0.05, 0.1) is 7.11 Å². The minimum absolute atomic E-state index is 0.366. The molecule has 0 saturated carbocycles. The van der Waals surface area contributed by atoms with Crippen LogP contribution in [0, 0.1) is 5.82 Å². The Labute approximate surface area is 124 Å². The van der Waals surface area contributed by atoms with E-state index in [0.29, 0.717) is 12.1 Å². The van der Waals surface area contributed by atoms with E-state index in [2.05, 4.69) is 0 Å². The minimum Gasteiger partial charge on any atom is -0.468 e. The van der Waals surface area contributed by atoms with Gasteiger partial charge in [0.1, 0.15) is 11.9 Å². The molecule has 3 nitrogen and oxygen atoms in total. The molecule has 0 bridgehead atoms. The first kappa shape index (κ1) is 15.2. The molecule has 2 rings (SSSR count). The number of methoxy groups -OCH3 is 1. The Morgan fingerprint density at radius 2 is 1.90 bits per heavy atom. The molecule has 21 heavy (non-hydrogen) atoms. The smallest absolute Gasteiger partial charge is 0.327 e. The Balaban J connectivity index is 2.25. The van der Waals surface area contributed by atoms with Crippen LogP contribution in [-0.2, 0) is 16.1 Å². The average molecular weight is 287 g/mol. The SMILES string of the molecule is COC(=O)C(c1cccc(F)c1)N(C)Cc1ccccc1. The standard InChI is InChI=1S/C17H18FNO2/c1-19(12-13-7-4-3-5-8-13)16(17(20)21-2)14-9-6-10-15(18)11-14/h3-11,16H,12H2,1-2H3. The maximum absolute atomic E-state index is 13.4. The van der Waals surface area contributed by atoms with Gasteiger partial charge in [0, 0.05) is 6.54 Å². The zero-order valence-electron chi connectivity index (χ0n) is 12.1. The number of benzene rings is 2. The fourth-order valence-electron chi connectivity index (χ4n) is 2.32. The van der Waals surface area contributed by atoms with Crippen molar-refractivity contribution in [2.45, 2.75) is 12.6 Å². The van der Waals surface area contributed by atoms with Crippen molar-refractivity contribution in [2.24, 2.45) is 0 Å². The highest BCUT2D eigenvalue weighted by molar-refractivity contribution is 5.77. The fourth-order valence-corrected chi connectivity index (χ4v) is 2.32. The largest absolute Gasteiger partial charge is 0.468 e. The second-order valence-corrected chi connectivity index (χ2v) is 4.88. The normalized spacial score (nSPS) is 12.2. The fraction of sp³-hybridized carbons (Fsp3) is 0.235. The monoisotopic (exact) mass is 287 g/mol. The summed E-state index contributed by atoms with van der Waals surface area (Å²) in [4.78, 5) is 13.9. The molecule has 1 unspecified atom stereocenters. The molecular weight excluding hydrogens is 269 g/mol. The summed E-state index contributed by atoms with van der Waals surface area (Å²) >= 11 is 0. The number of hydrogen-bond acceptors (Lipinski definition) is 3. The number of ether oxygens (including phenoxy) is 1. The Kier molecular flexibility index (Phi) is 5.06. The first-order valence-corrected chi connectivity index (χ1v) is 6.69. The van der Waals surface area contributed by atoms with E-state index in [0.717, 1.165) is 5.56 Å². The van der Waals surface area contributed by atoms with E-state index < -0.39 is 12.0 Å². The van der Waals surface area contributed by atoms with Gasteiger partial charge in [0.2, 0.25) is 0 Å². The highest BCUT2D eigenvalue weighted by Gasteiger charge is 2.26. The molecule has 0 saturated heterocycles. The molecule has 0 aliphatic carbocycles. The average Bonchev–Trinajstić information content (AvgIpc) is 2.48. The zero-order chi connectivity index (χ0) is 15.2. The lowest BCUT2D eigenvalue weighted by Gasteiger charge is -2.26. The van der Waals surface area contributed by atoms with Crippen LogP contribution >= 0.6 is 0 Å². The molecule has 0 N–H and O–H groups in total. The number of hydrogen-bond donors (Lipinski definition) is 0. The van der Waals surface area contributed by atoms with Crippen LogP contribution in [-0.4, -0.2) is 25.0 Å². The number of rotatable bonds is 5. The van der Waals surface area contributed by atoms with E-state index in [1.54, 1.807) is 12.1 Å². The second kappa shape index (κ2) is 6.99. The Morgan fingerprint density at radius 1 is 1.19 bits per heavy atom. The first-order valence-electron chi connectivity index (χ1n) is 6.69. The molecule has 2 aromatic carbocycles. The molecule has 2 aromatic rings. The highest BCUT2D eigenvalue weighted by atomic mass is 19.1. The second-order valence-electron chi connectivity index (χ2n) is 4.88. The maximum Gasteiger partial charge on any atom is 0.327 e. The van der Waals surface area contributed by atoms with Crippen molar-refractivity contribution >= 4 is 5.97 Å². The van der Waals surface area contributed by atoms with Crippen molar-refractivity contribution in [3.8, 4) is 0 Å². The summed E-state index contributed by atoms with van der Waals surface area (Å²) in [5, 5.41) is 0. The van der Waals surface area contributed by atoms with Gasteiger partial charge < -0.3 is 4.74 Å². The van der Waals surface area contributed by atoms with Crippen molar-refractivity contribution in [1.82, 2.24) is 4.90 Å². The summed E-state index contributed by atoms with van der Waals surface area (Å²) in [6.45, 7) is 0.567. The summed E-state index contributed by atoms with van der Waals surface area (Å²) in [5.74, 6) is -0.770. The van der Waals surface area contributed by atoms with E-state index in [1.807, 2.05) is 42.3 Å². The summed E-state index contributed by atoms with van der Waals surface area (Å²) < 4.78 is 18.3. The third-order valence-corrected chi connectivity index (χ3v) is 3.30. The molecule has 110 valence electrons. The van der Waals surface area contributed by atoms with Gasteiger partial charge in [-0.3, -0.25) is 4.90 Å². The van der Waals surface area contributed by atoms with Crippen LogP contribution in [0.25, 0.3) is 0 Å². The number of halogens is 1. The third-order valence-electron chi connectivity index (χ3n) is 3.30. The molecule has 0 aliphatic heterocycles. The quantitative estimate of drug-likeness (QED) is 0.791. The van der Waals surface area contributed by atoms with Crippen LogP contribution in [0.1, 0.15) is 17.2 Å². The van der Waals surface area contributed by atoms with Gasteiger partial charge in [-0.1, -0.05) is 42.5 Å². The number of likely N-dealkylation sites (N-methyl/N-ethyl adjacent to an activating group) is 1. The van der Waals surface area contributed by atoms with Crippen LogP contribution in [0.2, 0.25) is 0 Å². The lowest BCUT2D eigenvalue weighted by Crippen LogP contribution is -2.31. The molecule has 0 radical (unpaired) electrons. The number of carbonyl (C=O) groups excluding carboxylic acids is 1. The molecule has 0 amide bonds. The van der Waals surface area contributed by atoms with Crippen molar-refractivity contribution < 1.29 is 13.9 Å². The Bertz CT molecular complexity index is 601. The van der Waals surface area contributed by atoms with Crippen molar-refractivity contribution in [3.05, 3.63) is 71.5 Å². The van der Waals surface area contributed by atoms with Crippen LogP contribution in [0.5, 0.6) is 0 Å². The number of esters is 1. The minimum atomic E-state index is -0.633. The summed E-state index contributed by atoms with van der Waals surface area (Å²) in [5.41, 5.74) is 1.66. The maximum atomic E-state index is 13.4. The number of carbonyl (C=O) groups is 1. The molecular formula is C17H18FNO2. The van der Waals surface area contributed by atoms with Gasteiger partial charge in [-0.15, -0.1) is 0 Å². The molecule has 0 fully saturated rings. The van der Waals surface area contributed by atoms with E-state index in [4.69, 9.17) is 4.74 Å². The third kappa shape index (κ3) is 3.89. The molecule has 0 aromatic heterocycles. The Hall–Kier alpha value is -2.20. The van der Waals surface area contributed by atoms with Crippen molar-refractivity contribution in [2.75, 3.05) is 14.2 Å². The zero-order valence-corrected chi connectivity index (χ0v) is 12.1. The molecule has 0 spiro atoms. The van der Waals surface area contributed by atoms with Gasteiger partial charge in [-0.2, -0.15) is 0 Å². The molecule has 4 heteroatoms. The summed E-state index contributed by atoms with van der Waals surface area (Å²) in [6.07, 6.45) is 0. The van der Waals surface area contributed by atoms with Gasteiger partial charge >= 0.3 is 5.97 Å².